The van der Waals surface area contributed by atoms with Crippen LogP contribution >= 0.6 is 23.2 Å². The first-order valence-corrected chi connectivity index (χ1v) is 6.61. The Bertz CT molecular complexity index is 656. The van der Waals surface area contributed by atoms with Gasteiger partial charge in [-0.2, -0.15) is 0 Å². The van der Waals surface area contributed by atoms with E-state index in [0.717, 1.165) is 6.07 Å². The van der Waals surface area contributed by atoms with Crippen molar-refractivity contribution < 1.29 is 13.6 Å². The molecule has 0 bridgehead atoms. The third-order valence-corrected chi connectivity index (χ3v) is 3.60. The fourth-order valence-corrected chi connectivity index (χ4v) is 2.26. The van der Waals surface area contributed by atoms with Crippen molar-refractivity contribution in [2.75, 3.05) is 0 Å². The average Bonchev–Trinajstić information content (AvgIpc) is 2.38. The number of rotatable bonds is 4. The number of carbonyl (C=O) groups is 1. The summed E-state index contributed by atoms with van der Waals surface area (Å²) in [6.07, 6.45) is 0.0518. The fourth-order valence-electron chi connectivity index (χ4n) is 1.84. The van der Waals surface area contributed by atoms with E-state index >= 15 is 0 Å². The minimum atomic E-state index is -0.559. The molecule has 0 unspecified atom stereocenters. The van der Waals surface area contributed by atoms with E-state index in [1.807, 2.05) is 0 Å². The molecule has 20 heavy (non-hydrogen) atoms. The topological polar surface area (TPSA) is 17.1 Å². The Morgan fingerprint density at radius 3 is 2.40 bits per heavy atom. The van der Waals surface area contributed by atoms with E-state index in [1.165, 1.54) is 24.3 Å². The predicted molar refractivity (Wildman–Crippen MR) is 75.2 cm³/mol. The zero-order valence-corrected chi connectivity index (χ0v) is 11.8. The fraction of sp³-hybridized carbons (Fsp3) is 0.133. The third-order valence-electron chi connectivity index (χ3n) is 2.82. The van der Waals surface area contributed by atoms with Crippen molar-refractivity contribution in [3.63, 3.8) is 0 Å². The largest absolute Gasteiger partial charge is 0.299 e. The molecule has 0 saturated heterocycles. The number of carbonyl (C=O) groups excluding carboxylic acids is 1. The SMILES string of the molecule is O=C(Cc1ccc(F)cc1Cl)Cc1cccc(F)c1Cl. The molecule has 0 radical (unpaired) electrons. The smallest absolute Gasteiger partial charge is 0.142 e. The zero-order chi connectivity index (χ0) is 14.7. The lowest BCUT2D eigenvalue weighted by Crippen LogP contribution is -2.08. The van der Waals surface area contributed by atoms with Crippen LogP contribution in [0, 0.1) is 11.6 Å². The molecule has 2 rings (SSSR count). The van der Waals surface area contributed by atoms with Crippen LogP contribution in [0.5, 0.6) is 0 Å². The van der Waals surface area contributed by atoms with E-state index in [1.54, 1.807) is 6.07 Å². The molecule has 0 aromatic heterocycles. The van der Waals surface area contributed by atoms with Crippen LogP contribution in [-0.4, -0.2) is 5.78 Å². The number of benzene rings is 2. The highest BCUT2D eigenvalue weighted by atomic mass is 35.5. The first-order chi connectivity index (χ1) is 9.47. The molecule has 0 heterocycles. The van der Waals surface area contributed by atoms with Crippen molar-refractivity contribution >= 4 is 29.0 Å². The van der Waals surface area contributed by atoms with E-state index in [2.05, 4.69) is 0 Å². The van der Waals surface area contributed by atoms with Gasteiger partial charge in [0.05, 0.1) is 5.02 Å². The van der Waals surface area contributed by atoms with Gasteiger partial charge in [0.1, 0.15) is 17.4 Å². The summed E-state index contributed by atoms with van der Waals surface area (Å²) in [5.41, 5.74) is 0.959. The monoisotopic (exact) mass is 314 g/mol. The average molecular weight is 315 g/mol. The van der Waals surface area contributed by atoms with E-state index in [-0.39, 0.29) is 28.7 Å². The maximum atomic E-state index is 13.3. The number of ketones is 1. The van der Waals surface area contributed by atoms with Gasteiger partial charge in [-0.05, 0) is 29.3 Å². The van der Waals surface area contributed by atoms with Crippen LogP contribution in [0.15, 0.2) is 36.4 Å². The van der Waals surface area contributed by atoms with Crippen LogP contribution in [0.25, 0.3) is 0 Å². The van der Waals surface area contributed by atoms with Crippen molar-refractivity contribution in [3.05, 3.63) is 69.2 Å². The van der Waals surface area contributed by atoms with Crippen LogP contribution in [0.4, 0.5) is 8.78 Å². The van der Waals surface area contributed by atoms with E-state index < -0.39 is 11.6 Å². The molecule has 104 valence electrons. The quantitative estimate of drug-likeness (QED) is 0.804. The van der Waals surface area contributed by atoms with Gasteiger partial charge < -0.3 is 0 Å². The van der Waals surface area contributed by atoms with Gasteiger partial charge in [0.25, 0.3) is 0 Å². The van der Waals surface area contributed by atoms with Crippen molar-refractivity contribution in [2.24, 2.45) is 0 Å². The normalized spacial score (nSPS) is 10.6. The Labute approximate surface area is 125 Å². The molecule has 0 saturated carbocycles. The Morgan fingerprint density at radius 2 is 1.70 bits per heavy atom. The van der Waals surface area contributed by atoms with Gasteiger partial charge in [0, 0.05) is 17.9 Å². The molecule has 5 heteroatoms. The molecule has 0 aliphatic carbocycles. The lowest BCUT2D eigenvalue weighted by atomic mass is 10.0. The summed E-state index contributed by atoms with van der Waals surface area (Å²) in [7, 11) is 0. The minimum absolute atomic E-state index is 0.00426. The molecular weight excluding hydrogens is 305 g/mol. The van der Waals surface area contributed by atoms with Crippen molar-refractivity contribution in [2.45, 2.75) is 12.8 Å². The Balaban J connectivity index is 2.11. The lowest BCUT2D eigenvalue weighted by molar-refractivity contribution is -0.117. The standard InChI is InChI=1S/C15H10Cl2F2O/c16-13-8-11(18)5-4-9(13)6-12(20)7-10-2-1-3-14(19)15(10)17/h1-5,8H,6-7H2. The molecule has 1 nitrogen and oxygen atoms in total. The number of hydrogen-bond donors (Lipinski definition) is 0. The number of halogens is 4. The van der Waals surface area contributed by atoms with Gasteiger partial charge in [0.15, 0.2) is 0 Å². The predicted octanol–water partition coefficient (Wildman–Crippen LogP) is 4.63. The van der Waals surface area contributed by atoms with Gasteiger partial charge in [-0.25, -0.2) is 8.78 Å². The summed E-state index contributed by atoms with van der Waals surface area (Å²) >= 11 is 11.6. The van der Waals surface area contributed by atoms with Gasteiger partial charge in [-0.1, -0.05) is 41.4 Å². The highest BCUT2D eigenvalue weighted by Gasteiger charge is 2.12. The number of hydrogen-bond acceptors (Lipinski definition) is 1. The van der Waals surface area contributed by atoms with E-state index in [4.69, 9.17) is 23.2 Å². The first-order valence-electron chi connectivity index (χ1n) is 5.86. The molecule has 0 N–H and O–H groups in total. The molecule has 0 atom stereocenters. The summed E-state index contributed by atoms with van der Waals surface area (Å²) < 4.78 is 26.2. The molecule has 0 spiro atoms. The van der Waals surface area contributed by atoms with Crippen molar-refractivity contribution in [1.29, 1.82) is 0 Å². The second-order valence-corrected chi connectivity index (χ2v) is 5.13. The van der Waals surface area contributed by atoms with Gasteiger partial charge in [-0.15, -0.1) is 0 Å². The van der Waals surface area contributed by atoms with Crippen LogP contribution in [-0.2, 0) is 17.6 Å². The van der Waals surface area contributed by atoms with Crippen LogP contribution < -0.4 is 0 Å². The minimum Gasteiger partial charge on any atom is -0.299 e. The van der Waals surface area contributed by atoms with Crippen molar-refractivity contribution in [1.82, 2.24) is 0 Å². The van der Waals surface area contributed by atoms with Gasteiger partial charge >= 0.3 is 0 Å². The summed E-state index contributed by atoms with van der Waals surface area (Å²) in [6, 6.07) is 8.17. The van der Waals surface area contributed by atoms with Crippen molar-refractivity contribution in [3.8, 4) is 0 Å². The summed E-state index contributed by atoms with van der Waals surface area (Å²) in [4.78, 5) is 11.9. The Hall–Kier alpha value is -1.45. The summed E-state index contributed by atoms with van der Waals surface area (Å²) in [5, 5.41) is 0.148. The maximum absolute atomic E-state index is 13.3. The molecular formula is C15H10Cl2F2O. The molecule has 0 amide bonds. The maximum Gasteiger partial charge on any atom is 0.142 e. The van der Waals surface area contributed by atoms with Crippen LogP contribution in [0.2, 0.25) is 10.0 Å². The summed E-state index contributed by atoms with van der Waals surface area (Å²) in [6.45, 7) is 0. The summed E-state index contributed by atoms with van der Waals surface area (Å²) in [5.74, 6) is -1.19. The molecule has 0 fully saturated rings. The van der Waals surface area contributed by atoms with Crippen LogP contribution in [0.1, 0.15) is 11.1 Å². The Morgan fingerprint density at radius 1 is 1.00 bits per heavy atom. The number of Topliss-reactive ketones (excluding diaryl/α,β-unsaturated/α-hetero) is 1. The highest BCUT2D eigenvalue weighted by molar-refractivity contribution is 6.32. The highest BCUT2D eigenvalue weighted by Crippen LogP contribution is 2.22. The van der Waals surface area contributed by atoms with Gasteiger partial charge in [-0.3, -0.25) is 4.79 Å². The second kappa shape index (κ2) is 6.33. The molecule has 2 aromatic rings. The zero-order valence-electron chi connectivity index (χ0n) is 10.3. The molecule has 2 aromatic carbocycles. The lowest BCUT2D eigenvalue weighted by Gasteiger charge is -2.06. The van der Waals surface area contributed by atoms with Crippen LogP contribution in [0.3, 0.4) is 0 Å². The Kier molecular flexibility index (Phi) is 4.73. The molecule has 0 aliphatic heterocycles. The van der Waals surface area contributed by atoms with E-state index in [9.17, 15) is 13.6 Å². The third kappa shape index (κ3) is 3.56. The first kappa shape index (κ1) is 14.9. The molecule has 0 aliphatic rings. The second-order valence-electron chi connectivity index (χ2n) is 4.34. The van der Waals surface area contributed by atoms with Gasteiger partial charge in [0.2, 0.25) is 0 Å². The van der Waals surface area contributed by atoms with E-state index in [0.29, 0.717) is 11.1 Å².